The highest BCUT2D eigenvalue weighted by Gasteiger charge is 2.47. The van der Waals surface area contributed by atoms with E-state index in [0.717, 1.165) is 27.8 Å². The predicted molar refractivity (Wildman–Crippen MR) is 185 cm³/mol. The SMILES string of the molecule is C(=C\[C@@H]1O[C@H](COCc2ccccc2)[C@@H](OCc2ccccc2)[C@H](OCc2ccccc2)[C@H]1OCc1ccccc1)/c1ccccc1. The zero-order chi connectivity index (χ0) is 31.9. The zero-order valence-electron chi connectivity index (χ0n) is 26.6. The Labute approximate surface area is 278 Å². The third-order valence-electron chi connectivity index (χ3n) is 8.20. The Morgan fingerprint density at radius 2 is 0.851 bits per heavy atom. The Kier molecular flexibility index (Phi) is 12.1. The van der Waals surface area contributed by atoms with Crippen molar-refractivity contribution in [2.45, 2.75) is 56.9 Å². The van der Waals surface area contributed by atoms with E-state index >= 15 is 0 Å². The highest BCUT2D eigenvalue weighted by atomic mass is 16.6. The fourth-order valence-electron chi connectivity index (χ4n) is 5.75. The lowest BCUT2D eigenvalue weighted by atomic mass is 9.93. The van der Waals surface area contributed by atoms with E-state index in [1.54, 1.807) is 0 Å². The van der Waals surface area contributed by atoms with Crippen LogP contribution in [0.4, 0.5) is 0 Å². The normalized spacial score (nSPS) is 21.1. The van der Waals surface area contributed by atoms with Gasteiger partial charge in [0.1, 0.15) is 30.5 Å². The summed E-state index contributed by atoms with van der Waals surface area (Å²) in [6.45, 7) is 2.04. The Hall–Kier alpha value is -4.36. The molecular weight excluding hydrogens is 584 g/mol. The standard InChI is InChI=1S/C42H42O5/c1-6-16-33(17-7-1)26-27-38-40(44-29-35-20-10-3-11-21-35)42(46-31-37-24-14-5-15-25-37)41(45-30-36-22-12-4-13-23-36)39(47-38)32-43-28-34-18-8-2-9-19-34/h1-27,38-42H,28-32H2/b27-26+/t38-,39+,40-,41+,42+/m0/s1. The molecule has 6 rings (SSSR count). The average Bonchev–Trinajstić information content (AvgIpc) is 3.14. The summed E-state index contributed by atoms with van der Waals surface area (Å²) in [6.07, 6.45) is 1.98. The van der Waals surface area contributed by atoms with Crippen molar-refractivity contribution < 1.29 is 23.7 Å². The molecule has 1 heterocycles. The van der Waals surface area contributed by atoms with E-state index in [1.807, 2.05) is 91.0 Å². The molecule has 0 radical (unpaired) electrons. The molecule has 0 unspecified atom stereocenters. The van der Waals surface area contributed by atoms with Gasteiger partial charge in [0.05, 0.1) is 33.0 Å². The summed E-state index contributed by atoms with van der Waals surface area (Å²) in [5.74, 6) is 0. The minimum atomic E-state index is -0.461. The summed E-state index contributed by atoms with van der Waals surface area (Å²) in [7, 11) is 0. The van der Waals surface area contributed by atoms with Gasteiger partial charge >= 0.3 is 0 Å². The van der Waals surface area contributed by atoms with Gasteiger partial charge in [-0.1, -0.05) is 164 Å². The van der Waals surface area contributed by atoms with E-state index in [9.17, 15) is 0 Å². The van der Waals surface area contributed by atoms with Crippen LogP contribution < -0.4 is 0 Å². The first-order chi connectivity index (χ1) is 23.3. The van der Waals surface area contributed by atoms with Crippen LogP contribution in [0, 0.1) is 0 Å². The molecule has 0 bridgehead atoms. The highest BCUT2D eigenvalue weighted by molar-refractivity contribution is 5.49. The van der Waals surface area contributed by atoms with Gasteiger partial charge < -0.3 is 23.7 Å². The van der Waals surface area contributed by atoms with Crippen molar-refractivity contribution in [1.29, 1.82) is 0 Å². The van der Waals surface area contributed by atoms with E-state index in [1.165, 1.54) is 0 Å². The van der Waals surface area contributed by atoms with Crippen molar-refractivity contribution in [3.05, 3.63) is 186 Å². The molecule has 1 aliphatic heterocycles. The summed E-state index contributed by atoms with van der Waals surface area (Å²) in [6, 6.07) is 51.0. The molecule has 0 N–H and O–H groups in total. The second-order valence-electron chi connectivity index (χ2n) is 11.7. The van der Waals surface area contributed by atoms with Gasteiger partial charge in [-0.05, 0) is 27.8 Å². The van der Waals surface area contributed by atoms with E-state index < -0.39 is 30.5 Å². The molecule has 1 fully saturated rings. The second-order valence-corrected chi connectivity index (χ2v) is 11.7. The molecule has 5 nitrogen and oxygen atoms in total. The van der Waals surface area contributed by atoms with Gasteiger partial charge in [-0.3, -0.25) is 0 Å². The first-order valence-electron chi connectivity index (χ1n) is 16.3. The van der Waals surface area contributed by atoms with Crippen LogP contribution in [0.3, 0.4) is 0 Å². The molecule has 5 heteroatoms. The Bertz CT molecular complexity index is 1600. The molecule has 1 saturated heterocycles. The summed E-state index contributed by atoms with van der Waals surface area (Å²) in [4.78, 5) is 0. The van der Waals surface area contributed by atoms with Gasteiger partial charge in [0.25, 0.3) is 0 Å². The first kappa shape index (κ1) is 32.6. The second kappa shape index (κ2) is 17.5. The topological polar surface area (TPSA) is 46.2 Å². The molecule has 5 aromatic carbocycles. The van der Waals surface area contributed by atoms with Crippen LogP contribution in [0.15, 0.2) is 158 Å². The van der Waals surface area contributed by atoms with Crippen LogP contribution in [0.25, 0.3) is 6.08 Å². The molecule has 0 saturated carbocycles. The molecule has 0 amide bonds. The monoisotopic (exact) mass is 626 g/mol. The van der Waals surface area contributed by atoms with Gasteiger partial charge in [-0.2, -0.15) is 0 Å². The summed E-state index contributed by atoms with van der Waals surface area (Å²) in [5.41, 5.74) is 5.42. The molecule has 240 valence electrons. The van der Waals surface area contributed by atoms with Crippen molar-refractivity contribution in [2.24, 2.45) is 0 Å². The maximum absolute atomic E-state index is 6.89. The Morgan fingerprint density at radius 3 is 1.34 bits per heavy atom. The third-order valence-corrected chi connectivity index (χ3v) is 8.20. The number of ether oxygens (including phenoxy) is 5. The Morgan fingerprint density at radius 1 is 0.447 bits per heavy atom. The van der Waals surface area contributed by atoms with Gasteiger partial charge in [0.2, 0.25) is 0 Å². The lowest BCUT2D eigenvalue weighted by Crippen LogP contribution is -2.60. The quantitative estimate of drug-likeness (QED) is 0.117. The molecule has 5 atom stereocenters. The number of benzene rings is 5. The predicted octanol–water partition coefficient (Wildman–Crippen LogP) is 8.44. The fraction of sp³-hybridized carbons (Fsp3) is 0.238. The largest absolute Gasteiger partial charge is 0.374 e. The fourth-order valence-corrected chi connectivity index (χ4v) is 5.75. The van der Waals surface area contributed by atoms with Gasteiger partial charge in [-0.25, -0.2) is 0 Å². The van der Waals surface area contributed by atoms with Crippen LogP contribution in [0.2, 0.25) is 0 Å². The highest BCUT2D eigenvalue weighted by Crippen LogP contribution is 2.32. The van der Waals surface area contributed by atoms with Crippen molar-refractivity contribution in [3.8, 4) is 0 Å². The summed E-state index contributed by atoms with van der Waals surface area (Å²) in [5, 5.41) is 0. The summed E-state index contributed by atoms with van der Waals surface area (Å²) >= 11 is 0. The molecular formula is C42H42O5. The van der Waals surface area contributed by atoms with Crippen LogP contribution in [0.5, 0.6) is 0 Å². The smallest absolute Gasteiger partial charge is 0.116 e. The number of rotatable bonds is 15. The molecule has 1 aliphatic rings. The number of hydrogen-bond donors (Lipinski definition) is 0. The van der Waals surface area contributed by atoms with Crippen molar-refractivity contribution >= 4 is 6.08 Å². The summed E-state index contributed by atoms with van der Waals surface area (Å²) < 4.78 is 33.5. The molecule has 5 aromatic rings. The lowest BCUT2D eigenvalue weighted by molar-refractivity contribution is -0.263. The number of hydrogen-bond acceptors (Lipinski definition) is 5. The van der Waals surface area contributed by atoms with Crippen molar-refractivity contribution in [2.75, 3.05) is 6.61 Å². The lowest BCUT2D eigenvalue weighted by Gasteiger charge is -2.45. The zero-order valence-corrected chi connectivity index (χ0v) is 26.6. The maximum atomic E-state index is 6.89. The maximum Gasteiger partial charge on any atom is 0.116 e. The van der Waals surface area contributed by atoms with Crippen LogP contribution in [-0.4, -0.2) is 37.1 Å². The van der Waals surface area contributed by atoms with Crippen LogP contribution >= 0.6 is 0 Å². The van der Waals surface area contributed by atoms with E-state index in [-0.39, 0.29) is 0 Å². The van der Waals surface area contributed by atoms with Crippen molar-refractivity contribution in [1.82, 2.24) is 0 Å². The molecule has 0 aliphatic carbocycles. The van der Waals surface area contributed by atoms with E-state index in [2.05, 4.69) is 72.8 Å². The van der Waals surface area contributed by atoms with E-state index in [4.69, 9.17) is 23.7 Å². The van der Waals surface area contributed by atoms with Gasteiger partial charge in [0.15, 0.2) is 0 Å². The van der Waals surface area contributed by atoms with Gasteiger partial charge in [0, 0.05) is 0 Å². The van der Waals surface area contributed by atoms with Gasteiger partial charge in [-0.15, -0.1) is 0 Å². The third kappa shape index (κ3) is 9.82. The Balaban J connectivity index is 1.32. The minimum absolute atomic E-state index is 0.334. The molecule has 0 aromatic heterocycles. The molecule has 0 spiro atoms. The first-order valence-corrected chi connectivity index (χ1v) is 16.3. The van der Waals surface area contributed by atoms with Crippen LogP contribution in [-0.2, 0) is 50.1 Å². The average molecular weight is 627 g/mol. The van der Waals surface area contributed by atoms with E-state index in [0.29, 0.717) is 33.0 Å². The minimum Gasteiger partial charge on any atom is -0.374 e. The van der Waals surface area contributed by atoms with Crippen LogP contribution in [0.1, 0.15) is 27.8 Å². The van der Waals surface area contributed by atoms with Crippen molar-refractivity contribution in [3.63, 3.8) is 0 Å². The molecule has 47 heavy (non-hydrogen) atoms.